The first-order chi connectivity index (χ1) is 31.8. The molecule has 364 valence electrons. The highest BCUT2D eigenvalue weighted by Crippen LogP contribution is 2.41. The van der Waals surface area contributed by atoms with Gasteiger partial charge in [0.1, 0.15) is 96.2 Å². The van der Waals surface area contributed by atoms with Crippen molar-refractivity contribution in [2.75, 3.05) is 19.8 Å². The second-order valence-corrected chi connectivity index (χ2v) is 15.6. The summed E-state index contributed by atoms with van der Waals surface area (Å²) in [5.74, 6) is -5.95. The molecule has 15 N–H and O–H groups in total. The van der Waals surface area contributed by atoms with Gasteiger partial charge in [-0.05, 0) is 42.0 Å². The number of hydrogen-bond donors (Lipinski definition) is 15. The predicted molar refractivity (Wildman–Crippen MR) is 217 cm³/mol. The molecule has 0 aliphatic carbocycles. The molecule has 1 aromatic heterocycles. The Bertz CT molecular complexity index is 2490. The van der Waals surface area contributed by atoms with Gasteiger partial charge in [-0.15, -0.1) is 0 Å². The normalized spacial score (nSPS) is 32.3. The molecule has 3 fully saturated rings. The van der Waals surface area contributed by atoms with Gasteiger partial charge in [-0.1, -0.05) is 6.07 Å². The van der Waals surface area contributed by atoms with E-state index in [0.29, 0.717) is 0 Å². The highest BCUT2D eigenvalue weighted by Gasteiger charge is 2.55. The summed E-state index contributed by atoms with van der Waals surface area (Å²) >= 11 is 0. The number of esters is 1. The smallest absolute Gasteiger partial charge is 0.330 e. The maximum Gasteiger partial charge on any atom is 0.330 e. The topological polar surface area (TPSA) is 415 Å². The summed E-state index contributed by atoms with van der Waals surface area (Å²) in [6.07, 6.45) is -28.0. The Morgan fingerprint density at radius 2 is 1.16 bits per heavy atom. The molecule has 4 heterocycles. The SMILES string of the molecule is O=C(/C=C/c1ccc(O)c(O)c1)OC[C@H]1O[C@@H](O[C@H]2[C@H](O[C@@H]3[C@H](Oc4c(-c5ccc(O)c(O)c5)oc5cc(O)cc(O)c5c4=O)O[C@H](CO)[C@@H](O)[C@@H]3O)O[C@@H](CO)[C@@H](O)[C@H]2O)[C@H](O)[C@@H](O)[C@@H]1O. The van der Waals surface area contributed by atoms with Crippen molar-refractivity contribution < 1.29 is 119 Å². The van der Waals surface area contributed by atoms with E-state index in [1.165, 1.54) is 12.1 Å². The van der Waals surface area contributed by atoms with Crippen molar-refractivity contribution in [3.8, 4) is 51.6 Å². The Balaban J connectivity index is 1.18. The van der Waals surface area contributed by atoms with Crippen LogP contribution < -0.4 is 10.2 Å². The van der Waals surface area contributed by atoms with Gasteiger partial charge in [-0.2, -0.15) is 0 Å². The predicted octanol–water partition coefficient (Wildman–Crippen LogP) is -3.21. The molecule has 0 spiro atoms. The quantitative estimate of drug-likeness (QED) is 0.0356. The monoisotopic (exact) mass is 950 g/mol. The number of carbonyl (C=O) groups excluding carboxylic acids is 1. The van der Waals surface area contributed by atoms with Gasteiger partial charge in [0.15, 0.2) is 47.4 Å². The van der Waals surface area contributed by atoms with Gasteiger partial charge in [0.25, 0.3) is 0 Å². The molecule has 3 aromatic carbocycles. The van der Waals surface area contributed by atoms with Gasteiger partial charge in [-0.3, -0.25) is 4.79 Å². The molecule has 4 aromatic rings. The summed E-state index contributed by atoms with van der Waals surface area (Å²) in [7, 11) is 0. The molecule has 0 unspecified atom stereocenters. The van der Waals surface area contributed by atoms with Crippen LogP contribution >= 0.6 is 0 Å². The highest BCUT2D eigenvalue weighted by molar-refractivity contribution is 5.88. The Hall–Kier alpha value is -5.88. The third-order valence-corrected chi connectivity index (χ3v) is 11.1. The van der Waals surface area contributed by atoms with E-state index in [0.717, 1.165) is 48.5 Å². The second kappa shape index (κ2) is 20.1. The molecule has 15 atom stereocenters. The Labute approximate surface area is 375 Å². The van der Waals surface area contributed by atoms with Crippen LogP contribution in [0, 0.1) is 0 Å². The third-order valence-electron chi connectivity index (χ3n) is 11.1. The number of ether oxygens (including phenoxy) is 7. The molecule has 0 radical (unpaired) electrons. The van der Waals surface area contributed by atoms with Crippen molar-refractivity contribution in [1.29, 1.82) is 0 Å². The van der Waals surface area contributed by atoms with Crippen LogP contribution in [0.1, 0.15) is 5.56 Å². The van der Waals surface area contributed by atoms with Gasteiger partial charge in [0, 0.05) is 23.8 Å². The number of aromatic hydroxyl groups is 6. The zero-order valence-electron chi connectivity index (χ0n) is 34.3. The average molecular weight is 951 g/mol. The first-order valence-electron chi connectivity index (χ1n) is 20.2. The summed E-state index contributed by atoms with van der Waals surface area (Å²) in [5.41, 5.74) is -1.47. The highest BCUT2D eigenvalue weighted by atomic mass is 16.8. The van der Waals surface area contributed by atoms with Gasteiger partial charge in [0.05, 0.1) is 13.2 Å². The van der Waals surface area contributed by atoms with Crippen molar-refractivity contribution in [3.05, 3.63) is 70.4 Å². The number of phenols is 6. The summed E-state index contributed by atoms with van der Waals surface area (Å²) in [6.45, 7) is -2.78. The van der Waals surface area contributed by atoms with E-state index in [-0.39, 0.29) is 11.1 Å². The summed E-state index contributed by atoms with van der Waals surface area (Å²) in [4.78, 5) is 26.7. The Morgan fingerprint density at radius 1 is 0.597 bits per heavy atom. The standard InChI is InChI=1S/C42H46O25/c43-11-23-29(53)34(58)39(41(62-23)65-37-31(55)27-21(50)9-16(45)10-22(27)61-36(37)15-3-5-18(47)20(49)8-15)67-42-38(33(57)28(52)24(12-44)63-42)66-40-35(59)32(56)30(54)25(64-40)13-60-26(51)6-2-14-1-4-17(46)19(48)7-14/h1-10,23-25,28-30,32-35,38-50,52-54,56-59H,11-13H2/b6-2+/t23-,24+,25-,28-,29-,30-,32+,33-,34+,35-,38-,39+,40+,41+,42+/m1/s1. The van der Waals surface area contributed by atoms with E-state index in [1.807, 2.05) is 0 Å². The van der Waals surface area contributed by atoms with E-state index in [1.54, 1.807) is 0 Å². The molecule has 3 saturated heterocycles. The maximum absolute atomic E-state index is 14.2. The van der Waals surface area contributed by atoms with Crippen molar-refractivity contribution >= 4 is 23.0 Å². The van der Waals surface area contributed by atoms with E-state index in [9.17, 15) is 86.2 Å². The lowest BCUT2D eigenvalue weighted by Crippen LogP contribution is -2.67. The molecule has 25 nitrogen and oxygen atoms in total. The summed E-state index contributed by atoms with van der Waals surface area (Å²) < 4.78 is 45.8. The fourth-order valence-electron chi connectivity index (χ4n) is 7.45. The number of aliphatic hydroxyl groups excluding tert-OH is 9. The number of aliphatic hydroxyl groups is 9. The lowest BCUT2D eigenvalue weighted by molar-refractivity contribution is -0.389. The number of benzene rings is 3. The first-order valence-corrected chi connectivity index (χ1v) is 20.2. The lowest BCUT2D eigenvalue weighted by atomic mass is 9.96. The summed E-state index contributed by atoms with van der Waals surface area (Å²) in [5, 5.41) is 157. The third kappa shape index (κ3) is 10.1. The largest absolute Gasteiger partial charge is 0.508 e. The van der Waals surface area contributed by atoms with Crippen LogP contribution in [0.25, 0.3) is 28.4 Å². The zero-order valence-corrected chi connectivity index (χ0v) is 34.3. The van der Waals surface area contributed by atoms with Crippen LogP contribution in [0.2, 0.25) is 0 Å². The van der Waals surface area contributed by atoms with E-state index >= 15 is 0 Å². The van der Waals surface area contributed by atoms with E-state index in [2.05, 4.69) is 0 Å². The lowest BCUT2D eigenvalue weighted by Gasteiger charge is -2.48. The molecule has 25 heteroatoms. The maximum atomic E-state index is 14.2. The Morgan fingerprint density at radius 3 is 1.79 bits per heavy atom. The first kappa shape index (κ1) is 49.0. The number of hydrogen-bond acceptors (Lipinski definition) is 25. The number of carbonyl (C=O) groups is 1. The van der Waals surface area contributed by atoms with Gasteiger partial charge < -0.3 is 114 Å². The van der Waals surface area contributed by atoms with Crippen molar-refractivity contribution in [1.82, 2.24) is 0 Å². The van der Waals surface area contributed by atoms with Crippen molar-refractivity contribution in [3.63, 3.8) is 0 Å². The minimum Gasteiger partial charge on any atom is -0.508 e. The number of phenolic OH excluding ortho intramolecular Hbond substituents is 6. The van der Waals surface area contributed by atoms with Gasteiger partial charge in [0.2, 0.25) is 17.5 Å². The van der Waals surface area contributed by atoms with Crippen LogP contribution in [0.3, 0.4) is 0 Å². The van der Waals surface area contributed by atoms with Gasteiger partial charge >= 0.3 is 5.97 Å². The van der Waals surface area contributed by atoms with E-state index in [4.69, 9.17) is 37.6 Å². The molecule has 3 aliphatic rings. The average Bonchev–Trinajstić information content (AvgIpc) is 3.29. The zero-order chi connectivity index (χ0) is 48.6. The van der Waals surface area contributed by atoms with Crippen LogP contribution in [-0.2, 0) is 33.2 Å². The molecular formula is C42H46O25. The molecule has 0 amide bonds. The van der Waals surface area contributed by atoms with Crippen molar-refractivity contribution in [2.24, 2.45) is 0 Å². The van der Waals surface area contributed by atoms with Crippen molar-refractivity contribution in [2.45, 2.75) is 92.1 Å². The number of rotatable bonds is 13. The molecule has 67 heavy (non-hydrogen) atoms. The van der Waals surface area contributed by atoms with Crippen LogP contribution in [0.5, 0.6) is 40.2 Å². The molecule has 3 aliphatic heterocycles. The minimum absolute atomic E-state index is 0.162. The fraction of sp³-hybridized carbons (Fsp3) is 0.429. The number of fused-ring (bicyclic) bond motifs is 1. The molecule has 7 rings (SSSR count). The molecule has 0 bridgehead atoms. The van der Waals surface area contributed by atoms with E-state index < -0.39 is 180 Å². The summed E-state index contributed by atoms with van der Waals surface area (Å²) in [6, 6.07) is 8.53. The molecule has 0 saturated carbocycles. The van der Waals surface area contributed by atoms with Crippen LogP contribution in [0.4, 0.5) is 0 Å². The van der Waals surface area contributed by atoms with Crippen LogP contribution in [0.15, 0.2) is 63.8 Å². The Kier molecular flexibility index (Phi) is 14.7. The fourth-order valence-corrected chi connectivity index (χ4v) is 7.45. The molecular weight excluding hydrogens is 904 g/mol. The van der Waals surface area contributed by atoms with Crippen LogP contribution in [-0.4, -0.2) is 195 Å². The second-order valence-electron chi connectivity index (χ2n) is 15.6. The minimum atomic E-state index is -2.18. The van der Waals surface area contributed by atoms with Gasteiger partial charge in [-0.25, -0.2) is 4.79 Å².